The molecule has 2 aromatic heterocycles. The van der Waals surface area contributed by atoms with Crippen LogP contribution in [0.25, 0.3) is 0 Å². The predicted octanol–water partition coefficient (Wildman–Crippen LogP) is 0.263. The van der Waals surface area contributed by atoms with Gasteiger partial charge in [0, 0.05) is 6.07 Å². The van der Waals surface area contributed by atoms with Crippen molar-refractivity contribution in [3.8, 4) is 0 Å². The molecule has 0 aromatic carbocycles. The molecule has 0 bridgehead atoms. The average Bonchev–Trinajstić information content (AvgIpc) is 3.38. The monoisotopic (exact) mass is 346 g/mol. The van der Waals surface area contributed by atoms with Crippen LogP contribution in [0, 0.1) is 0 Å². The van der Waals surface area contributed by atoms with Crippen LogP contribution in [0.1, 0.15) is 18.9 Å². The number of aromatic nitrogens is 5. The number of piperazine rings is 1. The number of hydrogen-bond acceptors (Lipinski definition) is 6. The van der Waals surface area contributed by atoms with E-state index in [1.54, 1.807) is 0 Å². The largest absolute Gasteiger partial charge is 0.334 e. The standard InChI is InChI=1S/C15H19N7OS/c23-14(11-24-15-17-18-19-22(15)12-4-5-12)21-9-7-20(8-10-21)13-3-1-2-6-16-13/h1-3,6,12H,4-5,7-11H2/p+1. The molecule has 2 aliphatic rings. The number of thioether (sulfide) groups is 1. The van der Waals surface area contributed by atoms with E-state index in [2.05, 4.69) is 31.5 Å². The topological polar surface area (TPSA) is 81.3 Å². The van der Waals surface area contributed by atoms with Gasteiger partial charge in [-0.1, -0.05) is 17.8 Å². The fourth-order valence-corrected chi connectivity index (χ4v) is 3.67. The maximum atomic E-state index is 12.4. The molecule has 1 saturated heterocycles. The number of anilines is 1. The molecule has 0 radical (unpaired) electrons. The zero-order valence-electron chi connectivity index (χ0n) is 13.3. The molecule has 8 nitrogen and oxygen atoms in total. The Morgan fingerprint density at radius 2 is 2.08 bits per heavy atom. The van der Waals surface area contributed by atoms with Gasteiger partial charge in [0.2, 0.25) is 11.1 Å². The zero-order valence-corrected chi connectivity index (χ0v) is 14.2. The number of rotatable bonds is 5. The zero-order chi connectivity index (χ0) is 16.4. The van der Waals surface area contributed by atoms with Gasteiger partial charge in [-0.3, -0.25) is 9.69 Å². The Hall–Kier alpha value is -2.16. The number of pyridine rings is 1. The Labute approximate surface area is 144 Å². The molecule has 24 heavy (non-hydrogen) atoms. The van der Waals surface area contributed by atoms with Crippen LogP contribution in [0.15, 0.2) is 29.6 Å². The molecule has 126 valence electrons. The van der Waals surface area contributed by atoms with Crippen LogP contribution >= 0.6 is 11.8 Å². The van der Waals surface area contributed by atoms with Crippen LogP contribution in [0.5, 0.6) is 0 Å². The summed E-state index contributed by atoms with van der Waals surface area (Å²) in [5, 5.41) is 12.5. The number of nitrogens with one attached hydrogen (secondary N) is 1. The minimum atomic E-state index is 0.155. The summed E-state index contributed by atoms with van der Waals surface area (Å²) in [6.07, 6.45) is 4.18. The molecule has 9 heteroatoms. The molecule has 3 heterocycles. The van der Waals surface area contributed by atoms with Gasteiger partial charge in [0.05, 0.1) is 31.1 Å². The fraction of sp³-hybridized carbons (Fsp3) is 0.533. The second kappa shape index (κ2) is 6.76. The molecule has 1 aliphatic heterocycles. The van der Waals surface area contributed by atoms with E-state index in [4.69, 9.17) is 0 Å². The minimum Gasteiger partial charge on any atom is -0.334 e. The van der Waals surface area contributed by atoms with Crippen LogP contribution < -0.4 is 9.88 Å². The van der Waals surface area contributed by atoms with Crippen molar-refractivity contribution in [2.24, 2.45) is 0 Å². The van der Waals surface area contributed by atoms with E-state index in [-0.39, 0.29) is 5.91 Å². The normalized spacial score (nSPS) is 18.0. The van der Waals surface area contributed by atoms with E-state index in [0.717, 1.165) is 50.0 Å². The SMILES string of the molecule is O=C(CSc1nnnn1C1CC1)N1CCN(c2cccc[nH+]2)CC1. The lowest BCUT2D eigenvalue weighted by Gasteiger charge is -2.30. The van der Waals surface area contributed by atoms with Gasteiger partial charge in [-0.05, 0) is 29.3 Å². The number of carbonyl (C=O) groups is 1. The van der Waals surface area contributed by atoms with E-state index >= 15 is 0 Å². The van der Waals surface area contributed by atoms with Crippen LogP contribution in [0.4, 0.5) is 5.82 Å². The molecule has 1 amide bonds. The Morgan fingerprint density at radius 3 is 2.79 bits per heavy atom. The number of nitrogens with zero attached hydrogens (tertiary/aromatic N) is 6. The Kier molecular flexibility index (Phi) is 4.33. The van der Waals surface area contributed by atoms with E-state index in [9.17, 15) is 4.79 Å². The number of aromatic amines is 1. The van der Waals surface area contributed by atoms with Gasteiger partial charge in [0.15, 0.2) is 0 Å². The Balaban J connectivity index is 1.28. The summed E-state index contributed by atoms with van der Waals surface area (Å²) in [5.74, 6) is 1.65. The molecule has 1 aliphatic carbocycles. The van der Waals surface area contributed by atoms with Crippen molar-refractivity contribution in [2.45, 2.75) is 24.0 Å². The Bertz CT molecular complexity index is 695. The fourth-order valence-electron chi connectivity index (χ4n) is 2.82. The first-order valence-corrected chi connectivity index (χ1v) is 9.20. The highest BCUT2D eigenvalue weighted by molar-refractivity contribution is 7.99. The molecule has 2 fully saturated rings. The van der Waals surface area contributed by atoms with Crippen molar-refractivity contribution in [2.75, 3.05) is 36.8 Å². The van der Waals surface area contributed by atoms with E-state index in [1.807, 2.05) is 27.9 Å². The second-order valence-electron chi connectivity index (χ2n) is 6.04. The highest BCUT2D eigenvalue weighted by atomic mass is 32.2. The molecule has 4 rings (SSSR count). The molecule has 0 unspecified atom stereocenters. The second-order valence-corrected chi connectivity index (χ2v) is 6.98. The number of H-pyrrole nitrogens is 1. The molecule has 0 spiro atoms. The number of tetrazole rings is 1. The maximum absolute atomic E-state index is 12.4. The molecule has 2 aromatic rings. The summed E-state index contributed by atoms with van der Waals surface area (Å²) >= 11 is 1.44. The maximum Gasteiger partial charge on any atom is 0.274 e. The lowest BCUT2D eigenvalue weighted by Crippen LogP contribution is -2.50. The molecular formula is C15H20N7OS+. The van der Waals surface area contributed by atoms with Crippen molar-refractivity contribution in [3.63, 3.8) is 0 Å². The lowest BCUT2D eigenvalue weighted by atomic mass is 10.3. The van der Waals surface area contributed by atoms with Gasteiger partial charge in [-0.15, -0.1) is 5.10 Å². The number of carbonyl (C=O) groups excluding carboxylic acids is 1. The molecule has 0 atom stereocenters. The Morgan fingerprint density at radius 1 is 1.25 bits per heavy atom. The summed E-state index contributed by atoms with van der Waals surface area (Å²) < 4.78 is 1.85. The summed E-state index contributed by atoms with van der Waals surface area (Å²) in [4.78, 5) is 19.9. The van der Waals surface area contributed by atoms with Gasteiger partial charge in [-0.25, -0.2) is 9.67 Å². The van der Waals surface area contributed by atoms with Crippen molar-refractivity contribution in [1.29, 1.82) is 0 Å². The van der Waals surface area contributed by atoms with Crippen molar-refractivity contribution in [3.05, 3.63) is 24.4 Å². The van der Waals surface area contributed by atoms with Crippen molar-refractivity contribution in [1.82, 2.24) is 25.1 Å². The molecule has 1 N–H and O–H groups in total. The van der Waals surface area contributed by atoms with Gasteiger partial charge in [0.1, 0.15) is 13.1 Å². The van der Waals surface area contributed by atoms with Gasteiger partial charge < -0.3 is 4.90 Å². The quantitative estimate of drug-likeness (QED) is 0.723. The van der Waals surface area contributed by atoms with Crippen molar-refractivity contribution < 1.29 is 9.78 Å². The van der Waals surface area contributed by atoms with Gasteiger partial charge in [0.25, 0.3) is 5.82 Å². The predicted molar refractivity (Wildman–Crippen MR) is 88.6 cm³/mol. The van der Waals surface area contributed by atoms with Gasteiger partial charge in [-0.2, -0.15) is 0 Å². The van der Waals surface area contributed by atoms with E-state index in [0.29, 0.717) is 11.8 Å². The lowest BCUT2D eigenvalue weighted by molar-refractivity contribution is -0.364. The summed E-state index contributed by atoms with van der Waals surface area (Å²) in [5.41, 5.74) is 0. The highest BCUT2D eigenvalue weighted by Crippen LogP contribution is 2.36. The van der Waals surface area contributed by atoms with Crippen molar-refractivity contribution >= 4 is 23.5 Å². The first-order valence-electron chi connectivity index (χ1n) is 8.21. The van der Waals surface area contributed by atoms with Crippen LogP contribution in [0.3, 0.4) is 0 Å². The third-order valence-corrected chi connectivity index (χ3v) is 5.26. The van der Waals surface area contributed by atoms with E-state index in [1.165, 1.54) is 11.8 Å². The van der Waals surface area contributed by atoms with Gasteiger partial charge >= 0.3 is 0 Å². The highest BCUT2D eigenvalue weighted by Gasteiger charge is 2.29. The summed E-state index contributed by atoms with van der Waals surface area (Å²) in [7, 11) is 0. The number of amides is 1. The minimum absolute atomic E-state index is 0.155. The van der Waals surface area contributed by atoms with Crippen LogP contribution in [-0.4, -0.2) is 62.9 Å². The van der Waals surface area contributed by atoms with Crippen LogP contribution in [0.2, 0.25) is 0 Å². The third-order valence-electron chi connectivity index (χ3n) is 4.35. The average molecular weight is 346 g/mol. The van der Waals surface area contributed by atoms with E-state index < -0.39 is 0 Å². The van der Waals surface area contributed by atoms with Crippen LogP contribution in [-0.2, 0) is 4.79 Å². The first-order chi connectivity index (χ1) is 11.8. The molecule has 1 saturated carbocycles. The summed E-state index contributed by atoms with van der Waals surface area (Å²) in [6.45, 7) is 3.18. The smallest absolute Gasteiger partial charge is 0.274 e. The molecular weight excluding hydrogens is 326 g/mol. The number of hydrogen-bond donors (Lipinski definition) is 0. The third kappa shape index (κ3) is 3.35. The first kappa shape index (κ1) is 15.4. The summed E-state index contributed by atoms with van der Waals surface area (Å²) in [6, 6.07) is 6.48.